The monoisotopic (exact) mass is 1530 g/mol. The van der Waals surface area contributed by atoms with E-state index in [0.717, 1.165) is 88.4 Å². The molecule has 1 heterocycles. The summed E-state index contributed by atoms with van der Waals surface area (Å²) in [4.78, 5) is 0. The van der Waals surface area contributed by atoms with Gasteiger partial charge in [0.05, 0.1) is 0 Å². The normalized spacial score (nSPS) is 13.2. The summed E-state index contributed by atoms with van der Waals surface area (Å²) in [5.41, 5.74) is 26.8. The van der Waals surface area contributed by atoms with Crippen molar-refractivity contribution in [2.45, 2.75) is 487 Å². The fourth-order valence-electron chi connectivity index (χ4n) is 15.7. The van der Waals surface area contributed by atoms with Gasteiger partial charge >= 0.3 is 0 Å². The first kappa shape index (κ1) is 102. The molecule has 606 valence electrons. The van der Waals surface area contributed by atoms with Crippen LogP contribution in [0.15, 0.2) is 83.0 Å². The van der Waals surface area contributed by atoms with E-state index in [1.165, 1.54) is 374 Å². The van der Waals surface area contributed by atoms with Crippen LogP contribution in [0.25, 0.3) is 16.9 Å². The Balaban J connectivity index is 0.00000898. The molecule has 0 bridgehead atoms. The maximum atomic E-state index is 13.2. The molecule has 4 nitrogen and oxygen atoms in total. The first-order valence-electron chi connectivity index (χ1n) is 46.5. The van der Waals surface area contributed by atoms with Crippen LogP contribution in [0, 0.1) is 11.8 Å². The van der Waals surface area contributed by atoms with Gasteiger partial charge in [-0.15, -0.1) is 0 Å². The van der Waals surface area contributed by atoms with E-state index in [4.69, 9.17) is 10.2 Å². The zero-order chi connectivity index (χ0) is 75.0. The fraction of sp³-hybridized carbons (Fsp3) is 0.798. The van der Waals surface area contributed by atoms with Gasteiger partial charge in [-0.25, -0.2) is 4.70 Å². The molecule has 2 aromatic rings. The molecule has 5 heteroatoms. The summed E-state index contributed by atoms with van der Waals surface area (Å²) in [5.74, 6) is 1.15. The second-order valence-electron chi connectivity index (χ2n) is 32.1. The number of hydrogen-bond acceptors (Lipinski definition) is 2. The Morgan fingerprint density at radius 2 is 0.548 bits per heavy atom. The number of unbranched alkanes of at least 4 members (excludes halogenated alkanes) is 47. The second kappa shape index (κ2) is 77.3. The van der Waals surface area contributed by atoms with Crippen molar-refractivity contribution < 1.29 is 35.3 Å². The van der Waals surface area contributed by atoms with Crippen LogP contribution in [-0.2, 0) is 33.3 Å². The minimum absolute atomic E-state index is 0. The van der Waals surface area contributed by atoms with E-state index >= 15 is 0 Å². The maximum absolute atomic E-state index is 13.2. The topological polar surface area (TPSA) is 65.8 Å². The van der Waals surface area contributed by atoms with E-state index in [1.54, 1.807) is 15.8 Å². The molecule has 0 saturated carbocycles. The molecule has 0 amide bonds. The van der Waals surface area contributed by atoms with Crippen LogP contribution in [-0.4, -0.2) is 28.1 Å². The van der Waals surface area contributed by atoms with Gasteiger partial charge in [-0.3, -0.25) is 0 Å². The van der Waals surface area contributed by atoms with Gasteiger partial charge in [-0.1, -0.05) is 431 Å². The molecule has 1 aliphatic rings. The third-order valence-corrected chi connectivity index (χ3v) is 22.9. The first-order chi connectivity index (χ1) is 50.7. The molecule has 0 spiro atoms. The van der Waals surface area contributed by atoms with Gasteiger partial charge < -0.3 is 15.7 Å². The molecule has 0 aliphatic carbocycles. The molecule has 2 N–H and O–H groups in total. The Morgan fingerprint density at radius 1 is 0.308 bits per heavy atom. The van der Waals surface area contributed by atoms with Gasteiger partial charge in [0.1, 0.15) is 0 Å². The number of aliphatic hydroxyl groups is 2. The number of aliphatic hydroxyl groups excluding tert-OH is 2. The smallest absolute Gasteiger partial charge is 0.211 e. The summed E-state index contributed by atoms with van der Waals surface area (Å²) in [6, 6.07) is 18.5. The van der Waals surface area contributed by atoms with Crippen LogP contribution in [0.4, 0.5) is 0 Å². The number of hydrogen-bond donors (Lipinski definition) is 2. The molecule has 2 atom stereocenters. The van der Waals surface area contributed by atoms with E-state index in [-0.39, 0.29) is 20.4 Å². The van der Waals surface area contributed by atoms with E-state index in [0.29, 0.717) is 25.0 Å². The van der Waals surface area contributed by atoms with Crippen molar-refractivity contribution in [1.29, 1.82) is 0 Å². The van der Waals surface area contributed by atoms with Gasteiger partial charge in [-0.2, -0.15) is 0 Å². The van der Waals surface area contributed by atoms with E-state index < -0.39 is 0 Å². The quantitative estimate of drug-likeness (QED) is 0.0300. The molecule has 0 saturated heterocycles. The van der Waals surface area contributed by atoms with Gasteiger partial charge in [0.25, 0.3) is 0 Å². The van der Waals surface area contributed by atoms with E-state index in [2.05, 4.69) is 130 Å². The number of allylic oxidation sites excluding steroid dienone is 6. The van der Waals surface area contributed by atoms with E-state index in [1.807, 2.05) is 0 Å². The molecule has 3 rings (SSSR count). The van der Waals surface area contributed by atoms with Gasteiger partial charge in [-0.05, 0) is 151 Å². The van der Waals surface area contributed by atoms with Crippen molar-refractivity contribution in [1.82, 2.24) is 0 Å². The van der Waals surface area contributed by atoms with Crippen LogP contribution in [0.2, 0.25) is 0 Å². The molecule has 2 aromatic carbocycles. The third kappa shape index (κ3) is 53.4. The number of aryl methyl sites for hydroxylation is 2. The Morgan fingerprint density at radius 3 is 0.788 bits per heavy atom. The maximum Gasteiger partial charge on any atom is 0.211 e. The zero-order valence-electron chi connectivity index (χ0n) is 71.4. The van der Waals surface area contributed by atoms with Crippen molar-refractivity contribution in [3.8, 4) is 0 Å². The largest absolute Gasteiger partial charge is 0.493 e. The molecule has 2 unspecified atom stereocenters. The van der Waals surface area contributed by atoms with Gasteiger partial charge in [0.15, 0.2) is 0 Å². The predicted octanol–water partition coefficient (Wildman–Crippen LogP) is 33.8. The summed E-state index contributed by atoms with van der Waals surface area (Å²) >= 11 is 0. The summed E-state index contributed by atoms with van der Waals surface area (Å²) in [7, 11) is 0. The van der Waals surface area contributed by atoms with E-state index in [9.17, 15) is 5.53 Å². The second-order valence-corrected chi connectivity index (χ2v) is 32.1. The van der Waals surface area contributed by atoms with Crippen LogP contribution in [0.3, 0.4) is 0 Å². The standard InChI is InChI=1S/C91H158N2.2C4H10O.Pd/c1-9-17-21-24-27-30-33-35-37-39-41-43-45-48-50-53-56-59-66-80(13-5)78-82(15-7)74-76-84-68-62-64-71-86(84)90-88(70-20-12-4)89(73-61-58-55-52-47-32-29-26-23-19-11-3)91(93(90)92)87-72-65-63-69-85(87)77-75-83(16-8)79-81(14-6)67-60-57-54-51-49-46-44-42-40-38-36-34-31-28-25-22-18-10-2;2*1-2-3-4-5;/h62-65,68-69,71-72,78-79,82-83H,9-61,66-67,70,73-77H2,1-8H3;2*5H,2-4H2,1H3;. The average Bonchev–Trinajstić information content (AvgIpc) is 1.60. The Hall–Kier alpha value is -2.42. The van der Waals surface area contributed by atoms with Crippen molar-refractivity contribution in [2.24, 2.45) is 11.8 Å². The molecule has 1 aliphatic heterocycles. The fourth-order valence-corrected chi connectivity index (χ4v) is 15.7. The Bertz CT molecular complexity index is 2310. The van der Waals surface area contributed by atoms with Crippen molar-refractivity contribution >= 4 is 11.4 Å². The third-order valence-electron chi connectivity index (χ3n) is 22.9. The molecule has 0 aromatic heterocycles. The molecule has 0 fully saturated rings. The summed E-state index contributed by atoms with van der Waals surface area (Å²) < 4.78 is 1.73. The minimum atomic E-state index is 0. The first-order valence-corrected chi connectivity index (χ1v) is 46.5. The van der Waals surface area contributed by atoms with Gasteiger partial charge in [0.2, 0.25) is 11.4 Å². The number of benzene rings is 2. The van der Waals surface area contributed by atoms with Crippen molar-refractivity contribution in [3.05, 3.63) is 111 Å². The molecule has 0 radical (unpaired) electrons. The van der Waals surface area contributed by atoms with Crippen LogP contribution < -0.4 is 0 Å². The molecular weight excluding hydrogens is 1360 g/mol. The summed E-state index contributed by atoms with van der Waals surface area (Å²) in [6.07, 6.45) is 91.8. The molecular formula is C99H178N2O2Pd. The Kier molecular flexibility index (Phi) is 75.5. The van der Waals surface area contributed by atoms with Gasteiger partial charge in [0, 0.05) is 55.9 Å². The predicted molar refractivity (Wildman–Crippen MR) is 463 cm³/mol. The van der Waals surface area contributed by atoms with Crippen LogP contribution in [0.1, 0.15) is 496 Å². The number of rotatable bonds is 71. The summed E-state index contributed by atoms with van der Waals surface area (Å²) in [6.45, 7) is 23.7. The average molecular weight is 1530 g/mol. The van der Waals surface area contributed by atoms with Crippen LogP contribution >= 0.6 is 0 Å². The zero-order valence-corrected chi connectivity index (χ0v) is 73.0. The summed E-state index contributed by atoms with van der Waals surface area (Å²) in [5, 5.41) is 16.1. The molecule has 104 heavy (non-hydrogen) atoms. The van der Waals surface area contributed by atoms with Crippen LogP contribution in [0.5, 0.6) is 0 Å². The Labute approximate surface area is 664 Å². The van der Waals surface area contributed by atoms with Crippen molar-refractivity contribution in [3.63, 3.8) is 0 Å². The number of nitrogens with zero attached hydrogens (tertiary/aromatic N) is 2. The SMILES string of the molecule is CCCCCCCCCCCCCCCCCCCCC(=CC(CC)CCc1ccccc1C1=C(CCCC)C(CCCCCCCCCCCCC)=C(c2ccccc2CCC(C=C(CC)CCCCCCCCCCCCCCCCCCCC)CC)[N+]1=[N-])CC.CCCCO.CCCCO.[Pd]. The minimum Gasteiger partial charge on any atom is -0.493 e. The van der Waals surface area contributed by atoms with Crippen molar-refractivity contribution in [2.75, 3.05) is 13.2 Å².